The Kier molecular flexibility index (Phi) is 10.7. The molecule has 3 saturated heterocycles. The van der Waals surface area contributed by atoms with E-state index in [9.17, 15) is 24.0 Å². The molecule has 8 rings (SSSR count). The minimum Gasteiger partial charge on any atom is -0.462 e. The Morgan fingerprint density at radius 1 is 0.946 bits per heavy atom. The van der Waals surface area contributed by atoms with E-state index in [-0.39, 0.29) is 31.4 Å². The minimum atomic E-state index is -0.967. The van der Waals surface area contributed by atoms with Gasteiger partial charge < -0.3 is 25.2 Å². The molecule has 5 aliphatic rings. The smallest absolute Gasteiger partial charge is 0.343 e. The number of esters is 1. The lowest BCUT2D eigenvalue weighted by Gasteiger charge is -2.42. The van der Waals surface area contributed by atoms with Gasteiger partial charge >= 0.3 is 5.97 Å². The standard InChI is InChI=1S/C39H49N11O6/c1-3-56-38(55)31-20-40-39(43-26-19-41-46(2)23-26)45-34(31)42-25-4-6-27(7-5-25)48-16-14-47(15-17-48)21-24-12-13-49(22-24)28-8-9-29-30(18-28)37(54)50(36(29)53)32-10-11-33(51)44-35(32)52/h8-9,18-20,23-25,27,32H,3-7,10-17,21-22H2,1-2H3,(H,44,51,52)(H2,40,42,43,45). The number of aryl methyl sites for hydroxylation is 1. The van der Waals surface area contributed by atoms with E-state index in [0.29, 0.717) is 40.4 Å². The highest BCUT2D eigenvalue weighted by Gasteiger charge is 2.45. The fraction of sp³-hybridized carbons (Fsp3) is 0.538. The third-order valence-corrected chi connectivity index (χ3v) is 11.8. The molecule has 2 aromatic heterocycles. The van der Waals surface area contributed by atoms with Crippen molar-refractivity contribution in [1.82, 2.24) is 39.8 Å². The molecule has 1 aliphatic carbocycles. The number of piperidine rings is 1. The molecule has 3 N–H and O–H groups in total. The Morgan fingerprint density at radius 3 is 2.46 bits per heavy atom. The second kappa shape index (κ2) is 16.0. The Hall–Kier alpha value is -5.42. The number of hydrogen-bond donors (Lipinski definition) is 3. The first-order valence-corrected chi connectivity index (χ1v) is 19.8. The predicted octanol–water partition coefficient (Wildman–Crippen LogP) is 2.40. The van der Waals surface area contributed by atoms with Crippen LogP contribution in [0.2, 0.25) is 0 Å². The summed E-state index contributed by atoms with van der Waals surface area (Å²) in [6, 6.07) is 5.12. The number of anilines is 4. The summed E-state index contributed by atoms with van der Waals surface area (Å²) < 4.78 is 6.98. The third-order valence-electron chi connectivity index (χ3n) is 11.8. The SMILES string of the molecule is CCOC(=O)c1cnc(Nc2cnn(C)c2)nc1NC1CCC(N2CCN(CC3CCN(c4ccc5c(c4)C(=O)N(C4CCC(=O)NC4=O)C5=O)C3)CC2)CC1. The first kappa shape index (κ1) is 37.5. The molecule has 3 aromatic rings. The number of carbonyl (C=O) groups is 5. The van der Waals surface area contributed by atoms with Crippen molar-refractivity contribution in [3.05, 3.63) is 53.5 Å². The molecule has 0 radical (unpaired) electrons. The van der Waals surface area contributed by atoms with Crippen molar-refractivity contribution in [2.45, 2.75) is 70.0 Å². The van der Waals surface area contributed by atoms with E-state index < -0.39 is 29.7 Å². The van der Waals surface area contributed by atoms with Crippen molar-refractivity contribution in [3.8, 4) is 0 Å². The quantitative estimate of drug-likeness (QED) is 0.191. The first-order chi connectivity index (χ1) is 27.1. The molecule has 1 aromatic carbocycles. The van der Waals surface area contributed by atoms with Crippen LogP contribution in [-0.4, -0.2) is 135 Å². The number of ether oxygens (including phenoxy) is 1. The van der Waals surface area contributed by atoms with Gasteiger partial charge in [0.05, 0.1) is 29.6 Å². The molecule has 17 heteroatoms. The van der Waals surface area contributed by atoms with E-state index in [1.807, 2.05) is 19.3 Å². The fourth-order valence-corrected chi connectivity index (χ4v) is 8.85. The number of nitrogens with one attached hydrogen (secondary N) is 3. The number of rotatable bonds is 11. The molecular weight excluding hydrogens is 718 g/mol. The van der Waals surface area contributed by atoms with Crippen molar-refractivity contribution in [2.75, 3.05) is 68.0 Å². The fourth-order valence-electron chi connectivity index (χ4n) is 8.85. The second-order valence-corrected chi connectivity index (χ2v) is 15.5. The van der Waals surface area contributed by atoms with E-state index in [1.165, 1.54) is 6.20 Å². The van der Waals surface area contributed by atoms with Gasteiger partial charge in [0.1, 0.15) is 17.4 Å². The van der Waals surface area contributed by atoms with Crippen LogP contribution in [0, 0.1) is 5.92 Å². The molecule has 17 nitrogen and oxygen atoms in total. The number of amides is 4. The van der Waals surface area contributed by atoms with Gasteiger partial charge in [-0.25, -0.2) is 9.78 Å². The van der Waals surface area contributed by atoms with Crippen LogP contribution in [0.25, 0.3) is 0 Å². The van der Waals surface area contributed by atoms with Crippen molar-refractivity contribution in [3.63, 3.8) is 0 Å². The molecule has 4 amide bonds. The summed E-state index contributed by atoms with van der Waals surface area (Å²) in [6.45, 7) is 8.93. The summed E-state index contributed by atoms with van der Waals surface area (Å²) in [6.07, 6.45) is 10.4. The third kappa shape index (κ3) is 7.82. The molecule has 2 unspecified atom stereocenters. The molecule has 296 valence electrons. The largest absolute Gasteiger partial charge is 0.462 e. The summed E-state index contributed by atoms with van der Waals surface area (Å²) in [4.78, 5) is 80.9. The first-order valence-electron chi connectivity index (χ1n) is 19.8. The maximum atomic E-state index is 13.4. The highest BCUT2D eigenvalue weighted by molar-refractivity contribution is 6.23. The van der Waals surface area contributed by atoms with Gasteiger partial charge in [-0.05, 0) is 69.6 Å². The molecule has 4 aliphatic heterocycles. The van der Waals surface area contributed by atoms with Crippen molar-refractivity contribution < 1.29 is 28.7 Å². The second-order valence-electron chi connectivity index (χ2n) is 15.5. The van der Waals surface area contributed by atoms with Crippen LogP contribution in [0.3, 0.4) is 0 Å². The number of benzene rings is 1. The van der Waals surface area contributed by atoms with Gasteiger partial charge in [0.2, 0.25) is 17.8 Å². The van der Waals surface area contributed by atoms with E-state index in [1.54, 1.807) is 29.9 Å². The zero-order valence-electron chi connectivity index (χ0n) is 31.9. The van der Waals surface area contributed by atoms with Gasteiger partial charge in [0.15, 0.2) is 0 Å². The maximum absolute atomic E-state index is 13.4. The topological polar surface area (TPSA) is 187 Å². The highest BCUT2D eigenvalue weighted by atomic mass is 16.5. The maximum Gasteiger partial charge on any atom is 0.343 e. The molecule has 0 spiro atoms. The van der Waals surface area contributed by atoms with Gasteiger partial charge in [-0.2, -0.15) is 10.1 Å². The number of nitrogens with zero attached hydrogens (tertiary/aromatic N) is 8. The van der Waals surface area contributed by atoms with Crippen LogP contribution in [0.4, 0.5) is 23.1 Å². The Balaban J connectivity index is 0.801. The zero-order valence-corrected chi connectivity index (χ0v) is 31.9. The number of hydrogen-bond acceptors (Lipinski definition) is 14. The van der Waals surface area contributed by atoms with E-state index in [2.05, 4.69) is 45.7 Å². The molecule has 6 heterocycles. The van der Waals surface area contributed by atoms with Crippen molar-refractivity contribution in [2.24, 2.45) is 13.0 Å². The molecule has 56 heavy (non-hydrogen) atoms. The van der Waals surface area contributed by atoms with Gasteiger partial charge in [-0.1, -0.05) is 0 Å². The Bertz CT molecular complexity index is 2000. The van der Waals surface area contributed by atoms with Gasteiger partial charge in [0, 0.05) is 89.4 Å². The van der Waals surface area contributed by atoms with Crippen molar-refractivity contribution in [1.29, 1.82) is 0 Å². The molecular formula is C39H49N11O6. The van der Waals surface area contributed by atoms with Crippen LogP contribution in [-0.2, 0) is 21.4 Å². The highest BCUT2D eigenvalue weighted by Crippen LogP contribution is 2.33. The number of imide groups is 2. The number of piperazine rings is 1. The summed E-state index contributed by atoms with van der Waals surface area (Å²) in [5.74, 6) is -1.04. The average Bonchev–Trinajstić information content (AvgIpc) is 3.90. The van der Waals surface area contributed by atoms with E-state index >= 15 is 0 Å². The Morgan fingerprint density at radius 2 is 1.73 bits per heavy atom. The summed E-state index contributed by atoms with van der Waals surface area (Å²) in [7, 11) is 1.84. The molecule has 1 saturated carbocycles. The lowest BCUT2D eigenvalue weighted by atomic mass is 9.89. The van der Waals surface area contributed by atoms with Gasteiger partial charge in [-0.3, -0.25) is 39.0 Å². The van der Waals surface area contributed by atoms with E-state index in [4.69, 9.17) is 4.74 Å². The minimum absolute atomic E-state index is 0.0966. The number of fused-ring (bicyclic) bond motifs is 1. The van der Waals surface area contributed by atoms with Crippen LogP contribution in [0.15, 0.2) is 36.8 Å². The predicted molar refractivity (Wildman–Crippen MR) is 206 cm³/mol. The van der Waals surface area contributed by atoms with Crippen LogP contribution in [0.1, 0.15) is 82.9 Å². The van der Waals surface area contributed by atoms with Crippen LogP contribution < -0.4 is 20.9 Å². The average molecular weight is 768 g/mol. The van der Waals surface area contributed by atoms with Crippen LogP contribution >= 0.6 is 0 Å². The van der Waals surface area contributed by atoms with E-state index in [0.717, 1.165) is 94.2 Å². The van der Waals surface area contributed by atoms with Crippen molar-refractivity contribution >= 4 is 52.7 Å². The summed E-state index contributed by atoms with van der Waals surface area (Å²) in [5, 5.41) is 13.1. The lowest BCUT2D eigenvalue weighted by molar-refractivity contribution is -0.136. The number of carbonyl (C=O) groups excluding carboxylic acids is 5. The Labute approximate surface area is 325 Å². The van der Waals surface area contributed by atoms with Gasteiger partial charge in [0.25, 0.3) is 11.8 Å². The molecule has 2 atom stereocenters. The van der Waals surface area contributed by atoms with Crippen LogP contribution in [0.5, 0.6) is 0 Å². The molecule has 0 bridgehead atoms. The summed E-state index contributed by atoms with van der Waals surface area (Å²) in [5.41, 5.74) is 2.61. The lowest BCUT2D eigenvalue weighted by Crippen LogP contribution is -2.54. The normalized spacial score (nSPS) is 24.7. The zero-order chi connectivity index (χ0) is 38.9. The monoisotopic (exact) mass is 767 g/mol. The molecule has 4 fully saturated rings. The summed E-state index contributed by atoms with van der Waals surface area (Å²) >= 11 is 0. The van der Waals surface area contributed by atoms with Gasteiger partial charge in [-0.15, -0.1) is 0 Å². The number of aromatic nitrogens is 4.